The molecular weight excluding hydrogens is 272 g/mol. The lowest BCUT2D eigenvalue weighted by atomic mass is 9.95. The lowest BCUT2D eigenvalue weighted by molar-refractivity contribution is -0.125. The van der Waals surface area contributed by atoms with E-state index in [1.165, 1.54) is 6.92 Å². The highest BCUT2D eigenvalue weighted by Gasteiger charge is 2.31. The number of ketones is 1. The number of carbonyl (C=O) groups excluding carboxylic acids is 2. The Bertz CT molecular complexity index is 479. The molecule has 0 saturated heterocycles. The summed E-state index contributed by atoms with van der Waals surface area (Å²) in [7, 11) is 0. The lowest BCUT2D eigenvalue weighted by Gasteiger charge is -2.24. The molecule has 0 fully saturated rings. The number of ether oxygens (including phenoxy) is 1. The molecule has 0 aliphatic carbocycles. The van der Waals surface area contributed by atoms with Crippen LogP contribution in [-0.2, 0) is 16.0 Å². The molecule has 1 atom stereocenters. The van der Waals surface area contributed by atoms with E-state index in [1.807, 2.05) is 19.1 Å². The topological polar surface area (TPSA) is 43.4 Å². The molecule has 0 radical (unpaired) electrons. The van der Waals surface area contributed by atoms with Crippen molar-refractivity contribution in [3.63, 3.8) is 0 Å². The number of hydrogen-bond acceptors (Lipinski definition) is 3. The van der Waals surface area contributed by atoms with Crippen molar-refractivity contribution in [3.8, 4) is 0 Å². The van der Waals surface area contributed by atoms with E-state index in [4.69, 9.17) is 4.74 Å². The van der Waals surface area contributed by atoms with Gasteiger partial charge in [0.05, 0.1) is 5.56 Å². The van der Waals surface area contributed by atoms with E-state index in [9.17, 15) is 9.59 Å². The summed E-state index contributed by atoms with van der Waals surface area (Å²) in [5.74, 6) is -0.535. The highest BCUT2D eigenvalue weighted by atomic mass is 79.9. The Balaban J connectivity index is 2.50. The van der Waals surface area contributed by atoms with Gasteiger partial charge in [0.25, 0.3) is 0 Å². The van der Waals surface area contributed by atoms with Crippen LogP contribution in [0.3, 0.4) is 0 Å². The molecule has 16 heavy (non-hydrogen) atoms. The normalized spacial score (nSPS) is 18.9. The molecule has 1 heterocycles. The molecule has 4 heteroatoms. The van der Waals surface area contributed by atoms with Crippen LogP contribution in [0.2, 0.25) is 0 Å². The number of carbonyl (C=O) groups is 2. The summed E-state index contributed by atoms with van der Waals surface area (Å²) in [6.07, 6.45) is -0.162. The molecule has 84 valence electrons. The number of esters is 1. The predicted molar refractivity (Wildman–Crippen MR) is 62.5 cm³/mol. The summed E-state index contributed by atoms with van der Waals surface area (Å²) < 4.78 is 5.85. The number of halogens is 1. The first-order chi connectivity index (χ1) is 7.50. The Morgan fingerprint density at radius 1 is 1.50 bits per heavy atom. The zero-order valence-electron chi connectivity index (χ0n) is 9.04. The fourth-order valence-electron chi connectivity index (χ4n) is 1.77. The predicted octanol–water partition coefficient (Wildman–Crippen LogP) is 2.43. The number of cyclic esters (lactones) is 1. The molecule has 0 saturated carbocycles. The summed E-state index contributed by atoms with van der Waals surface area (Å²) in [4.78, 5) is 23.0. The monoisotopic (exact) mass is 282 g/mol. The minimum Gasteiger partial charge on any atom is -0.450 e. The van der Waals surface area contributed by atoms with E-state index in [0.29, 0.717) is 12.0 Å². The number of fused-ring (bicyclic) bond motifs is 1. The summed E-state index contributed by atoms with van der Waals surface area (Å²) >= 11 is 3.38. The number of Topliss-reactive ketones (excluding diaryl/α,β-unsaturated/α-hetero) is 1. The minimum absolute atomic E-state index is 0.115. The molecule has 1 aliphatic heterocycles. The van der Waals surface area contributed by atoms with E-state index in [0.717, 1.165) is 15.6 Å². The standard InChI is InChI=1S/C12H11BrO3/c1-6-3-4-8-5-9(7(2)14)16-12(15)10(8)11(6)13/h3-4,9H,5H2,1-2H3. The Hall–Kier alpha value is -1.16. The average Bonchev–Trinajstić information content (AvgIpc) is 2.22. The second kappa shape index (κ2) is 4.01. The Kier molecular flexibility index (Phi) is 2.84. The SMILES string of the molecule is CC(=O)C1Cc2ccc(C)c(Br)c2C(=O)O1. The van der Waals surface area contributed by atoms with Crippen LogP contribution in [0.1, 0.15) is 28.4 Å². The van der Waals surface area contributed by atoms with Crippen molar-refractivity contribution in [1.29, 1.82) is 0 Å². The van der Waals surface area contributed by atoms with E-state index >= 15 is 0 Å². The largest absolute Gasteiger partial charge is 0.450 e. The zero-order valence-corrected chi connectivity index (χ0v) is 10.6. The zero-order chi connectivity index (χ0) is 11.9. The van der Waals surface area contributed by atoms with Crippen LogP contribution in [-0.4, -0.2) is 17.9 Å². The highest BCUT2D eigenvalue weighted by molar-refractivity contribution is 9.10. The van der Waals surface area contributed by atoms with E-state index in [2.05, 4.69) is 15.9 Å². The van der Waals surface area contributed by atoms with Crippen LogP contribution < -0.4 is 0 Å². The summed E-state index contributed by atoms with van der Waals surface area (Å²) in [6, 6.07) is 3.81. The average molecular weight is 283 g/mol. The first-order valence-electron chi connectivity index (χ1n) is 5.00. The summed E-state index contributed by atoms with van der Waals surface area (Å²) in [5.41, 5.74) is 2.41. The third-order valence-corrected chi connectivity index (χ3v) is 3.76. The fraction of sp³-hybridized carbons (Fsp3) is 0.333. The van der Waals surface area contributed by atoms with Gasteiger partial charge in [0, 0.05) is 10.9 Å². The van der Waals surface area contributed by atoms with Gasteiger partial charge in [0.1, 0.15) is 0 Å². The maximum absolute atomic E-state index is 11.8. The van der Waals surface area contributed by atoms with E-state index < -0.39 is 12.1 Å². The van der Waals surface area contributed by atoms with Crippen LogP contribution in [0.5, 0.6) is 0 Å². The van der Waals surface area contributed by atoms with Crippen molar-refractivity contribution >= 4 is 27.7 Å². The maximum atomic E-state index is 11.8. The van der Waals surface area contributed by atoms with Gasteiger partial charge < -0.3 is 4.74 Å². The second-order valence-corrected chi connectivity index (χ2v) is 4.73. The number of benzene rings is 1. The van der Waals surface area contributed by atoms with Gasteiger partial charge >= 0.3 is 5.97 Å². The van der Waals surface area contributed by atoms with Gasteiger partial charge in [0.15, 0.2) is 11.9 Å². The first-order valence-corrected chi connectivity index (χ1v) is 5.79. The molecule has 3 nitrogen and oxygen atoms in total. The minimum atomic E-state index is -0.630. The van der Waals surface area contributed by atoms with Gasteiger partial charge in [-0.15, -0.1) is 0 Å². The summed E-state index contributed by atoms with van der Waals surface area (Å²) in [5, 5.41) is 0. The molecule has 1 aliphatic rings. The van der Waals surface area contributed by atoms with Gasteiger partial charge in [-0.3, -0.25) is 4.79 Å². The van der Waals surface area contributed by atoms with Gasteiger partial charge in [-0.05, 0) is 40.9 Å². The first kappa shape index (κ1) is 11.3. The molecule has 0 amide bonds. The molecule has 1 aromatic carbocycles. The molecule has 1 aromatic rings. The highest BCUT2D eigenvalue weighted by Crippen LogP contribution is 2.30. The quantitative estimate of drug-likeness (QED) is 0.743. The molecule has 0 N–H and O–H groups in total. The van der Waals surface area contributed by atoms with Crippen molar-refractivity contribution < 1.29 is 14.3 Å². The third-order valence-electron chi connectivity index (χ3n) is 2.73. The van der Waals surface area contributed by atoms with Crippen molar-refractivity contribution in [3.05, 3.63) is 33.3 Å². The van der Waals surface area contributed by atoms with Crippen LogP contribution in [0.25, 0.3) is 0 Å². The van der Waals surface area contributed by atoms with Gasteiger partial charge in [-0.1, -0.05) is 12.1 Å². The molecule has 2 rings (SSSR count). The van der Waals surface area contributed by atoms with Crippen LogP contribution in [0, 0.1) is 6.92 Å². The Labute approximate surface area is 102 Å². The van der Waals surface area contributed by atoms with Gasteiger partial charge in [-0.25, -0.2) is 4.79 Å². The number of hydrogen-bond donors (Lipinski definition) is 0. The smallest absolute Gasteiger partial charge is 0.340 e. The van der Waals surface area contributed by atoms with Crippen molar-refractivity contribution in [2.75, 3.05) is 0 Å². The van der Waals surface area contributed by atoms with Crippen molar-refractivity contribution in [2.24, 2.45) is 0 Å². The van der Waals surface area contributed by atoms with Crippen molar-refractivity contribution in [1.82, 2.24) is 0 Å². The molecule has 0 bridgehead atoms. The summed E-state index contributed by atoms with van der Waals surface area (Å²) in [6.45, 7) is 3.35. The van der Waals surface area contributed by atoms with Crippen LogP contribution in [0.15, 0.2) is 16.6 Å². The number of rotatable bonds is 1. The number of aryl methyl sites for hydroxylation is 1. The fourth-order valence-corrected chi connectivity index (χ4v) is 2.32. The molecule has 0 aromatic heterocycles. The van der Waals surface area contributed by atoms with E-state index in [1.54, 1.807) is 0 Å². The third kappa shape index (κ3) is 1.78. The van der Waals surface area contributed by atoms with Gasteiger partial charge in [-0.2, -0.15) is 0 Å². The Morgan fingerprint density at radius 3 is 2.81 bits per heavy atom. The Morgan fingerprint density at radius 2 is 2.19 bits per heavy atom. The van der Waals surface area contributed by atoms with Crippen LogP contribution in [0.4, 0.5) is 0 Å². The van der Waals surface area contributed by atoms with E-state index in [-0.39, 0.29) is 5.78 Å². The molecule has 0 spiro atoms. The molecule has 1 unspecified atom stereocenters. The van der Waals surface area contributed by atoms with Gasteiger partial charge in [0.2, 0.25) is 0 Å². The molecular formula is C12H11BrO3. The van der Waals surface area contributed by atoms with Crippen LogP contribution >= 0.6 is 15.9 Å². The van der Waals surface area contributed by atoms with Crippen molar-refractivity contribution in [2.45, 2.75) is 26.4 Å². The lowest BCUT2D eigenvalue weighted by Crippen LogP contribution is -2.33. The maximum Gasteiger partial charge on any atom is 0.340 e. The second-order valence-electron chi connectivity index (χ2n) is 3.94.